The summed E-state index contributed by atoms with van der Waals surface area (Å²) < 4.78 is 9.65. The van der Waals surface area contributed by atoms with Crippen molar-refractivity contribution in [2.75, 3.05) is 18.5 Å². The largest absolute Gasteiger partial charge is 0.462 e. The van der Waals surface area contributed by atoms with Crippen LogP contribution >= 0.6 is 0 Å². The lowest BCUT2D eigenvalue weighted by atomic mass is 10.2. The Labute approximate surface area is 142 Å². The Kier molecular flexibility index (Phi) is 6.05. The van der Waals surface area contributed by atoms with E-state index < -0.39 is 30.0 Å². The van der Waals surface area contributed by atoms with Crippen LogP contribution in [0.15, 0.2) is 47.4 Å². The maximum Gasteiger partial charge on any atom is 0.344 e. The van der Waals surface area contributed by atoms with E-state index in [1.165, 1.54) is 42.6 Å². The second-order valence-electron chi connectivity index (χ2n) is 4.84. The summed E-state index contributed by atoms with van der Waals surface area (Å²) in [5.41, 5.74) is -0.00205. The van der Waals surface area contributed by atoms with E-state index in [1.54, 1.807) is 6.92 Å². The first-order valence-corrected chi connectivity index (χ1v) is 7.43. The maximum absolute atomic E-state index is 11.8. The summed E-state index contributed by atoms with van der Waals surface area (Å²) in [6.07, 6.45) is 1.38. The highest BCUT2D eigenvalue weighted by molar-refractivity contribution is 5.96. The van der Waals surface area contributed by atoms with Crippen molar-refractivity contribution in [1.82, 2.24) is 4.98 Å². The molecule has 2 rings (SSSR count). The van der Waals surface area contributed by atoms with Gasteiger partial charge in [-0.2, -0.15) is 0 Å². The number of ether oxygens (including phenoxy) is 2. The molecule has 0 atom stereocenters. The lowest BCUT2D eigenvalue weighted by molar-refractivity contribution is -0.119. The third kappa shape index (κ3) is 5.03. The molecule has 0 unspecified atom stereocenters. The zero-order valence-electron chi connectivity index (χ0n) is 13.4. The van der Waals surface area contributed by atoms with E-state index in [0.717, 1.165) is 0 Å². The van der Waals surface area contributed by atoms with Crippen molar-refractivity contribution < 1.29 is 23.9 Å². The van der Waals surface area contributed by atoms with Gasteiger partial charge in [0.2, 0.25) is 0 Å². The van der Waals surface area contributed by atoms with E-state index in [-0.39, 0.29) is 12.2 Å². The molecule has 1 amide bonds. The Hall–Kier alpha value is -3.42. The lowest BCUT2D eigenvalue weighted by Gasteiger charge is -2.07. The molecule has 0 aliphatic heterocycles. The molecule has 0 aliphatic rings. The maximum atomic E-state index is 11.8. The molecule has 8 nitrogen and oxygen atoms in total. The van der Waals surface area contributed by atoms with E-state index >= 15 is 0 Å². The molecule has 8 heteroatoms. The summed E-state index contributed by atoms with van der Waals surface area (Å²) in [6, 6.07) is 8.82. The standard InChI is InChI=1S/C17H16N2O6/c1-2-24-16(22)11-5-7-12(8-6-11)19-14(20)10-25-17(23)13-4-3-9-18-15(13)21/h3-9H,2,10H2,1H3,(H,18,21)(H,19,20). The summed E-state index contributed by atoms with van der Waals surface area (Å²) in [5, 5.41) is 2.51. The van der Waals surface area contributed by atoms with Crippen molar-refractivity contribution in [2.45, 2.75) is 6.92 Å². The fourth-order valence-corrected chi connectivity index (χ4v) is 1.89. The highest BCUT2D eigenvalue weighted by atomic mass is 16.5. The van der Waals surface area contributed by atoms with E-state index in [0.29, 0.717) is 11.3 Å². The van der Waals surface area contributed by atoms with Gasteiger partial charge in [0.1, 0.15) is 5.56 Å². The van der Waals surface area contributed by atoms with E-state index in [1.807, 2.05) is 0 Å². The molecular weight excluding hydrogens is 328 g/mol. The van der Waals surface area contributed by atoms with Crippen molar-refractivity contribution in [3.8, 4) is 0 Å². The molecule has 0 radical (unpaired) electrons. The average Bonchev–Trinajstić information content (AvgIpc) is 2.61. The van der Waals surface area contributed by atoms with Crippen LogP contribution in [0, 0.1) is 0 Å². The normalized spacial score (nSPS) is 9.96. The number of esters is 2. The summed E-state index contributed by atoms with van der Waals surface area (Å²) in [5.74, 6) is -1.93. The van der Waals surface area contributed by atoms with Crippen LogP contribution in [0.1, 0.15) is 27.6 Å². The SMILES string of the molecule is CCOC(=O)c1ccc(NC(=O)COC(=O)c2ccc[nH]c2=O)cc1. The topological polar surface area (TPSA) is 115 Å². The number of pyridine rings is 1. The molecular formula is C17H16N2O6. The number of carbonyl (C=O) groups excluding carboxylic acids is 3. The first kappa shape index (κ1) is 17.9. The van der Waals surface area contributed by atoms with Crippen LogP contribution in [0.2, 0.25) is 0 Å². The van der Waals surface area contributed by atoms with Gasteiger partial charge in [-0.05, 0) is 43.3 Å². The number of H-pyrrole nitrogens is 1. The minimum Gasteiger partial charge on any atom is -0.462 e. The molecule has 2 aromatic rings. The van der Waals surface area contributed by atoms with E-state index in [9.17, 15) is 19.2 Å². The Bertz CT molecular complexity index is 826. The van der Waals surface area contributed by atoms with E-state index in [4.69, 9.17) is 9.47 Å². The number of aromatic amines is 1. The highest BCUT2D eigenvalue weighted by Gasteiger charge is 2.13. The zero-order valence-corrected chi connectivity index (χ0v) is 13.4. The predicted molar refractivity (Wildman–Crippen MR) is 88.4 cm³/mol. The van der Waals surface area contributed by atoms with Crippen molar-refractivity contribution in [2.24, 2.45) is 0 Å². The molecule has 0 spiro atoms. The Morgan fingerprint density at radius 2 is 1.76 bits per heavy atom. The molecule has 130 valence electrons. The Balaban J connectivity index is 1.88. The van der Waals surface area contributed by atoms with Gasteiger partial charge in [0.15, 0.2) is 6.61 Å². The summed E-state index contributed by atoms with van der Waals surface area (Å²) in [7, 11) is 0. The van der Waals surface area contributed by atoms with Crippen LogP contribution in [0.4, 0.5) is 5.69 Å². The van der Waals surface area contributed by atoms with Crippen molar-refractivity contribution in [3.05, 3.63) is 64.1 Å². The monoisotopic (exact) mass is 344 g/mol. The Morgan fingerprint density at radius 1 is 1.04 bits per heavy atom. The highest BCUT2D eigenvalue weighted by Crippen LogP contribution is 2.10. The third-order valence-corrected chi connectivity index (χ3v) is 3.05. The van der Waals surface area contributed by atoms with Gasteiger partial charge >= 0.3 is 11.9 Å². The van der Waals surface area contributed by atoms with Crippen LogP contribution in [0.3, 0.4) is 0 Å². The zero-order chi connectivity index (χ0) is 18.2. The number of hydrogen-bond donors (Lipinski definition) is 2. The van der Waals surface area contributed by atoms with Gasteiger partial charge in [-0.3, -0.25) is 9.59 Å². The van der Waals surface area contributed by atoms with Crippen LogP contribution in [0.5, 0.6) is 0 Å². The number of nitrogens with one attached hydrogen (secondary N) is 2. The number of aromatic nitrogens is 1. The number of carbonyl (C=O) groups is 3. The second-order valence-corrected chi connectivity index (χ2v) is 4.84. The van der Waals surface area contributed by atoms with Gasteiger partial charge in [-0.1, -0.05) is 0 Å². The molecule has 2 N–H and O–H groups in total. The molecule has 25 heavy (non-hydrogen) atoms. The van der Waals surface area contributed by atoms with E-state index in [2.05, 4.69) is 10.3 Å². The van der Waals surface area contributed by atoms with Gasteiger partial charge in [0.05, 0.1) is 12.2 Å². The molecule has 1 aromatic heterocycles. The minimum atomic E-state index is -0.894. The van der Waals surface area contributed by atoms with Crippen molar-refractivity contribution in [1.29, 1.82) is 0 Å². The van der Waals surface area contributed by atoms with Gasteiger partial charge in [-0.15, -0.1) is 0 Å². The molecule has 1 aromatic carbocycles. The predicted octanol–water partition coefficient (Wildman–Crippen LogP) is 1.35. The van der Waals surface area contributed by atoms with Crippen LogP contribution in [-0.4, -0.2) is 36.0 Å². The van der Waals surface area contributed by atoms with Gasteiger partial charge < -0.3 is 19.8 Å². The van der Waals surface area contributed by atoms with Gasteiger partial charge in [0, 0.05) is 11.9 Å². The van der Waals surface area contributed by atoms with Gasteiger partial charge in [0.25, 0.3) is 11.5 Å². The smallest absolute Gasteiger partial charge is 0.344 e. The van der Waals surface area contributed by atoms with Gasteiger partial charge in [-0.25, -0.2) is 9.59 Å². The first-order chi connectivity index (χ1) is 12.0. The fraction of sp³-hybridized carbons (Fsp3) is 0.176. The minimum absolute atomic E-state index is 0.186. The molecule has 0 bridgehead atoms. The quantitative estimate of drug-likeness (QED) is 0.765. The van der Waals surface area contributed by atoms with Crippen LogP contribution in [0.25, 0.3) is 0 Å². The number of rotatable bonds is 6. The molecule has 0 aliphatic carbocycles. The van der Waals surface area contributed by atoms with Crippen molar-refractivity contribution >= 4 is 23.5 Å². The number of benzene rings is 1. The van der Waals surface area contributed by atoms with Crippen LogP contribution < -0.4 is 10.9 Å². The number of amides is 1. The first-order valence-electron chi connectivity index (χ1n) is 7.43. The third-order valence-electron chi connectivity index (χ3n) is 3.05. The second kappa shape index (κ2) is 8.44. The fourth-order valence-electron chi connectivity index (χ4n) is 1.89. The number of anilines is 1. The summed E-state index contributed by atoms with van der Waals surface area (Å²) >= 11 is 0. The Morgan fingerprint density at radius 3 is 2.40 bits per heavy atom. The average molecular weight is 344 g/mol. The molecule has 0 saturated carbocycles. The van der Waals surface area contributed by atoms with Crippen LogP contribution in [-0.2, 0) is 14.3 Å². The summed E-state index contributed by atoms with van der Waals surface area (Å²) in [6.45, 7) is 1.43. The lowest BCUT2D eigenvalue weighted by Crippen LogP contribution is -2.24. The molecule has 0 saturated heterocycles. The molecule has 1 heterocycles. The van der Waals surface area contributed by atoms with Crippen molar-refractivity contribution in [3.63, 3.8) is 0 Å². The molecule has 0 fully saturated rings. The summed E-state index contributed by atoms with van der Waals surface area (Å²) in [4.78, 5) is 48.8. The number of hydrogen-bond acceptors (Lipinski definition) is 6.